The number of sulfonamides is 1. The summed E-state index contributed by atoms with van der Waals surface area (Å²) in [5, 5.41) is 13.5. The first-order chi connectivity index (χ1) is 9.62. The first kappa shape index (κ1) is 18.1. The predicted octanol–water partition coefficient (Wildman–Crippen LogP) is -0.876. The molecule has 11 heteroatoms. The number of aliphatic carboxylic acids is 1. The maximum Gasteiger partial charge on any atom is 0.328 e. The van der Waals surface area contributed by atoms with Crippen LogP contribution in [0.4, 0.5) is 4.79 Å². The Morgan fingerprint density at radius 3 is 2.52 bits per heavy atom. The number of carbonyl (C=O) groups is 3. The van der Waals surface area contributed by atoms with Gasteiger partial charge in [0.1, 0.15) is 12.1 Å². The van der Waals surface area contributed by atoms with Gasteiger partial charge in [0.2, 0.25) is 15.9 Å². The molecule has 1 aliphatic rings. The number of halogens is 1. The third kappa shape index (κ3) is 5.39. The fraction of sp³-hybridized carbons (Fsp3) is 0.700. The van der Waals surface area contributed by atoms with Crippen molar-refractivity contribution in [2.24, 2.45) is 0 Å². The Labute approximate surface area is 135 Å². The summed E-state index contributed by atoms with van der Waals surface area (Å²) in [6, 6.07) is -2.21. The Morgan fingerprint density at radius 2 is 2.05 bits per heavy atom. The zero-order valence-corrected chi connectivity index (χ0v) is 14.2. The molecule has 0 radical (unpaired) electrons. The number of carboxylic acid groups (broad SMARTS) is 1. The molecule has 9 nitrogen and oxygen atoms in total. The third-order valence-corrected chi connectivity index (χ3v) is 4.66. The van der Waals surface area contributed by atoms with Crippen LogP contribution in [0.2, 0.25) is 0 Å². The van der Waals surface area contributed by atoms with Crippen LogP contribution in [0.15, 0.2) is 0 Å². The zero-order valence-electron chi connectivity index (χ0n) is 11.2. The molecule has 0 saturated carbocycles. The van der Waals surface area contributed by atoms with E-state index < -0.39 is 37.9 Å². The molecule has 0 aromatic carbocycles. The van der Waals surface area contributed by atoms with Crippen LogP contribution >= 0.6 is 22.6 Å². The molecule has 2 unspecified atom stereocenters. The lowest BCUT2D eigenvalue weighted by atomic mass is 10.2. The molecule has 0 aromatic rings. The number of nitrogens with zero attached hydrogens (tertiary/aromatic N) is 1. The second kappa shape index (κ2) is 7.35. The Bertz CT molecular complexity index is 537. The number of carboxylic acids is 1. The van der Waals surface area contributed by atoms with Gasteiger partial charge in [0.05, 0.1) is 6.26 Å². The summed E-state index contributed by atoms with van der Waals surface area (Å²) < 4.78 is 23.7. The van der Waals surface area contributed by atoms with Crippen molar-refractivity contribution in [3.8, 4) is 0 Å². The molecular weight excluding hydrogens is 417 g/mol. The highest BCUT2D eigenvalue weighted by Crippen LogP contribution is 2.20. The van der Waals surface area contributed by atoms with E-state index in [1.807, 2.05) is 0 Å². The first-order valence-corrected chi connectivity index (χ1v) is 8.99. The van der Waals surface area contributed by atoms with E-state index in [4.69, 9.17) is 5.11 Å². The van der Waals surface area contributed by atoms with Crippen LogP contribution in [-0.4, -0.2) is 65.0 Å². The van der Waals surface area contributed by atoms with Crippen molar-refractivity contribution in [1.29, 1.82) is 0 Å². The van der Waals surface area contributed by atoms with E-state index in [0.717, 1.165) is 10.6 Å². The minimum absolute atomic E-state index is 0.235. The smallest absolute Gasteiger partial charge is 0.328 e. The molecule has 3 N–H and O–H groups in total. The van der Waals surface area contributed by atoms with Crippen molar-refractivity contribution in [3.05, 3.63) is 0 Å². The van der Waals surface area contributed by atoms with Crippen LogP contribution in [0.25, 0.3) is 0 Å². The van der Waals surface area contributed by atoms with Crippen molar-refractivity contribution < 1.29 is 27.9 Å². The van der Waals surface area contributed by atoms with E-state index >= 15 is 0 Å². The van der Waals surface area contributed by atoms with Gasteiger partial charge in [-0.1, -0.05) is 0 Å². The Morgan fingerprint density at radius 1 is 1.43 bits per heavy atom. The SMILES string of the molecule is CS(=O)(=O)N1CCCC1C(=O)NC(CNC(=O)I)C(=O)O. The van der Waals surface area contributed by atoms with Crippen LogP contribution in [0.1, 0.15) is 12.8 Å². The van der Waals surface area contributed by atoms with Crippen LogP contribution in [0.5, 0.6) is 0 Å². The molecule has 1 fully saturated rings. The summed E-state index contributed by atoms with van der Waals surface area (Å²) in [6.07, 6.45) is 1.88. The Balaban J connectivity index is 2.73. The number of rotatable bonds is 6. The molecule has 21 heavy (non-hydrogen) atoms. The van der Waals surface area contributed by atoms with E-state index in [9.17, 15) is 22.8 Å². The summed E-state index contributed by atoms with van der Waals surface area (Å²) in [7, 11) is -3.52. The van der Waals surface area contributed by atoms with Gasteiger partial charge in [-0.3, -0.25) is 9.59 Å². The molecular formula is C10H16IN3O6S. The molecule has 0 bridgehead atoms. The van der Waals surface area contributed by atoms with Gasteiger partial charge >= 0.3 is 5.97 Å². The fourth-order valence-corrected chi connectivity index (χ4v) is 3.39. The zero-order chi connectivity index (χ0) is 16.2. The molecule has 1 heterocycles. The number of hydrogen-bond donors (Lipinski definition) is 3. The summed E-state index contributed by atoms with van der Waals surface area (Å²) in [5.74, 6) is -1.98. The maximum atomic E-state index is 12.1. The van der Waals surface area contributed by atoms with Gasteiger partial charge < -0.3 is 15.7 Å². The van der Waals surface area contributed by atoms with E-state index in [0.29, 0.717) is 12.8 Å². The normalized spacial score (nSPS) is 20.8. The lowest BCUT2D eigenvalue weighted by Crippen LogP contribution is -2.53. The second-order valence-corrected chi connectivity index (χ2v) is 7.50. The van der Waals surface area contributed by atoms with Crippen molar-refractivity contribution in [2.45, 2.75) is 24.9 Å². The molecule has 0 aromatic heterocycles. The summed E-state index contributed by atoms with van der Waals surface area (Å²) in [4.78, 5) is 33.9. The molecule has 1 saturated heterocycles. The largest absolute Gasteiger partial charge is 0.480 e. The van der Waals surface area contributed by atoms with Crippen LogP contribution < -0.4 is 10.6 Å². The number of hydrogen-bond acceptors (Lipinski definition) is 5. The summed E-state index contributed by atoms with van der Waals surface area (Å²) in [5.41, 5.74) is 0. The highest BCUT2D eigenvalue weighted by atomic mass is 127. The summed E-state index contributed by atoms with van der Waals surface area (Å²) >= 11 is 1.44. The average Bonchev–Trinajstić information content (AvgIpc) is 2.82. The van der Waals surface area contributed by atoms with Gasteiger partial charge in [-0.25, -0.2) is 13.2 Å². The van der Waals surface area contributed by atoms with Crippen molar-refractivity contribution in [3.63, 3.8) is 0 Å². The van der Waals surface area contributed by atoms with Gasteiger partial charge in [-0.2, -0.15) is 4.31 Å². The van der Waals surface area contributed by atoms with E-state index in [2.05, 4.69) is 10.6 Å². The van der Waals surface area contributed by atoms with Gasteiger partial charge in [-0.05, 0) is 12.8 Å². The highest BCUT2D eigenvalue weighted by Gasteiger charge is 2.37. The van der Waals surface area contributed by atoms with Gasteiger partial charge in [-0.15, -0.1) is 0 Å². The molecule has 120 valence electrons. The molecule has 1 rings (SSSR count). The van der Waals surface area contributed by atoms with E-state index in [1.54, 1.807) is 0 Å². The maximum absolute atomic E-state index is 12.1. The Hall–Kier alpha value is -0.950. The molecule has 0 spiro atoms. The third-order valence-electron chi connectivity index (χ3n) is 2.99. The van der Waals surface area contributed by atoms with Crippen LogP contribution in [0, 0.1) is 0 Å². The average molecular weight is 433 g/mol. The fourth-order valence-electron chi connectivity index (χ4n) is 2.05. The standard InChI is InChI=1S/C10H16IN3O6S/c1-21(19,20)14-4-2-3-7(14)8(15)13-6(9(16)17)5-12-10(11)18/h6-7H,2-5H2,1H3,(H,12,18)(H,13,15)(H,16,17). The van der Waals surface area contributed by atoms with E-state index in [-0.39, 0.29) is 13.1 Å². The first-order valence-electron chi connectivity index (χ1n) is 6.06. The van der Waals surface area contributed by atoms with Crippen molar-refractivity contribution in [1.82, 2.24) is 14.9 Å². The lowest BCUT2D eigenvalue weighted by Gasteiger charge is -2.23. The number of carbonyl (C=O) groups excluding carboxylic acids is 2. The van der Waals surface area contributed by atoms with Gasteiger partial charge in [0.25, 0.3) is 3.91 Å². The van der Waals surface area contributed by atoms with Crippen LogP contribution in [0.3, 0.4) is 0 Å². The topological polar surface area (TPSA) is 133 Å². The quantitative estimate of drug-likeness (QED) is 0.283. The van der Waals surface area contributed by atoms with Gasteiger partial charge in [0, 0.05) is 35.7 Å². The highest BCUT2D eigenvalue weighted by molar-refractivity contribution is 14.1. The lowest BCUT2D eigenvalue weighted by molar-refractivity contribution is -0.142. The molecule has 1 aliphatic heterocycles. The number of nitrogens with one attached hydrogen (secondary N) is 2. The second-order valence-electron chi connectivity index (χ2n) is 4.59. The van der Waals surface area contributed by atoms with Gasteiger partial charge in [0.15, 0.2) is 0 Å². The minimum Gasteiger partial charge on any atom is -0.480 e. The van der Waals surface area contributed by atoms with E-state index in [1.165, 1.54) is 22.6 Å². The van der Waals surface area contributed by atoms with Crippen LogP contribution in [-0.2, 0) is 19.6 Å². The van der Waals surface area contributed by atoms with Crippen molar-refractivity contribution in [2.75, 3.05) is 19.3 Å². The molecule has 0 aliphatic carbocycles. The monoisotopic (exact) mass is 433 g/mol. The minimum atomic E-state index is -3.52. The molecule has 2 atom stereocenters. The van der Waals surface area contributed by atoms with Crippen molar-refractivity contribution >= 4 is 48.4 Å². The molecule has 2 amide bonds. The summed E-state index contributed by atoms with van der Waals surface area (Å²) in [6.45, 7) is -0.0341. The predicted molar refractivity (Wildman–Crippen MR) is 81.6 cm³/mol. The Kier molecular flexibility index (Phi) is 6.34. The number of amides is 2.